The van der Waals surface area contributed by atoms with Crippen LogP contribution < -0.4 is 0 Å². The highest BCUT2D eigenvalue weighted by Crippen LogP contribution is 2.25. The van der Waals surface area contributed by atoms with E-state index in [4.69, 9.17) is 9.70 Å². The van der Waals surface area contributed by atoms with Crippen LogP contribution in [0.2, 0.25) is 0 Å². The van der Waals surface area contributed by atoms with Gasteiger partial charge in [0.1, 0.15) is 9.79 Å². The smallest absolute Gasteiger partial charge is 0.478 e. The first-order chi connectivity index (χ1) is 17.7. The minimum atomic E-state index is -5.20. The molecule has 0 spiro atoms. The Morgan fingerprint density at radius 3 is 1.26 bits per heavy atom. The molecule has 3 aromatic rings. The molecule has 3 rings (SSSR count). The predicted octanol–water partition coefficient (Wildman–Crippen LogP) is 1.89. The number of aromatic carboxylic acids is 2. The molecule has 3 aromatic carbocycles. The Kier molecular flexibility index (Phi) is 8.76. The molecule has 38 heavy (non-hydrogen) atoms. The molecule has 0 atom stereocenters. The maximum Gasteiger partial charge on any atom is 0.952 e. The van der Waals surface area contributed by atoms with E-state index in [1.54, 1.807) is 0 Å². The molecule has 0 fully saturated rings. The summed E-state index contributed by atoms with van der Waals surface area (Å²) in [5.41, 5.74) is -1.37. The number of carboxylic acid groups (broad SMARTS) is 2. The zero-order valence-corrected chi connectivity index (χ0v) is 22.7. The first kappa shape index (κ1) is 29.4. The van der Waals surface area contributed by atoms with E-state index in [-0.39, 0.29) is 5.56 Å². The molecule has 0 bridgehead atoms. The zero-order valence-electron chi connectivity index (χ0n) is 19.1. The van der Waals surface area contributed by atoms with Gasteiger partial charge in [-0.25, -0.2) is 9.59 Å². The van der Waals surface area contributed by atoms with Gasteiger partial charge in [0.25, 0.3) is 30.4 Å². The van der Waals surface area contributed by atoms with Crippen molar-refractivity contribution in [1.29, 1.82) is 0 Å². The van der Waals surface area contributed by atoms with Crippen LogP contribution in [-0.2, 0) is 40.1 Å². The second-order valence-corrected chi connectivity index (χ2v) is 14.2. The topological polar surface area (TPSA) is 205 Å². The number of carboxylic acids is 2. The molecule has 0 aliphatic rings. The van der Waals surface area contributed by atoms with Crippen molar-refractivity contribution >= 4 is 57.4 Å². The van der Waals surface area contributed by atoms with Crippen molar-refractivity contribution in [3.05, 3.63) is 89.5 Å². The molecule has 0 unspecified atom stereocenters. The maximum atomic E-state index is 13.0. The van der Waals surface area contributed by atoms with Crippen LogP contribution in [0.5, 0.6) is 0 Å². The summed E-state index contributed by atoms with van der Waals surface area (Å²) >= 11 is -4.89. The van der Waals surface area contributed by atoms with Gasteiger partial charge < -0.3 is 19.9 Å². The van der Waals surface area contributed by atoms with E-state index in [0.29, 0.717) is 0 Å². The lowest BCUT2D eigenvalue weighted by molar-refractivity contribution is 0.0682. The number of hydrogen-bond donors (Lipinski definition) is 2. The molecule has 17 heteroatoms. The van der Waals surface area contributed by atoms with E-state index in [2.05, 4.69) is 0 Å². The molecule has 0 amide bonds. The summed E-state index contributed by atoms with van der Waals surface area (Å²) in [5.74, 6) is -3.35. The number of benzene rings is 3. The Morgan fingerprint density at radius 1 is 0.579 bits per heavy atom. The Labute approximate surface area is 222 Å². The van der Waals surface area contributed by atoms with Crippen molar-refractivity contribution in [1.82, 2.24) is 0 Å². The van der Waals surface area contributed by atoms with Gasteiger partial charge >= 0.3 is 27.1 Å². The van der Waals surface area contributed by atoms with Gasteiger partial charge in [-0.1, -0.05) is 42.5 Å². The largest absolute Gasteiger partial charge is 0.952 e. The normalized spacial score (nSPS) is 12.1. The zero-order chi connectivity index (χ0) is 28.3. The average molecular weight is 601 g/mol. The monoisotopic (exact) mass is 600 g/mol. The summed E-state index contributed by atoms with van der Waals surface area (Å²) in [4.78, 5) is 20.7. The molecule has 200 valence electrons. The van der Waals surface area contributed by atoms with Gasteiger partial charge in [-0.15, -0.1) is 0 Å². The van der Waals surface area contributed by atoms with Gasteiger partial charge in [-0.3, -0.25) is 0 Å². The molecule has 13 nitrogen and oxygen atoms in total. The first-order valence-electron chi connectivity index (χ1n) is 10.2. The van der Waals surface area contributed by atoms with Crippen LogP contribution >= 0.6 is 0 Å². The van der Waals surface area contributed by atoms with Gasteiger partial charge in [0.15, 0.2) is 0 Å². The van der Waals surface area contributed by atoms with E-state index >= 15 is 0 Å². The number of carbonyl (C=O) groups is 2. The summed E-state index contributed by atoms with van der Waals surface area (Å²) < 4.78 is 92.1. The average Bonchev–Trinajstić information content (AvgIpc) is 2.83. The standard InChI is InChI=1S/2C7H6O5S.C7H8O3S.Al/c2*8-7(9)5-3-1-2-4-6(5)13(10,11)12;1-6-4-2-3-5-7(6)11(8,9)10;/h2*1-4H,(H,8,9)(H,10,11,12);2-5H,1H3,(H,8,9,10);/q;;;+3/p-3. The van der Waals surface area contributed by atoms with E-state index in [9.17, 15) is 45.1 Å². The highest BCUT2D eigenvalue weighted by Gasteiger charge is 2.48. The van der Waals surface area contributed by atoms with Crippen molar-refractivity contribution in [3.63, 3.8) is 0 Å². The lowest BCUT2D eigenvalue weighted by Crippen LogP contribution is -2.35. The molecule has 0 aliphatic carbocycles. The summed E-state index contributed by atoms with van der Waals surface area (Å²) in [7, 11) is -15.3. The Morgan fingerprint density at radius 2 is 0.895 bits per heavy atom. The first-order valence-corrected chi connectivity index (χ1v) is 15.8. The fraction of sp³-hybridized carbons (Fsp3) is 0.0476. The highest BCUT2D eigenvalue weighted by atomic mass is 32.2. The third-order valence-electron chi connectivity index (χ3n) is 4.75. The fourth-order valence-electron chi connectivity index (χ4n) is 3.07. The van der Waals surface area contributed by atoms with E-state index in [1.807, 2.05) is 0 Å². The quantitative estimate of drug-likeness (QED) is 0.302. The van der Waals surface area contributed by atoms with Crippen LogP contribution in [-0.4, -0.2) is 62.6 Å². The minimum absolute atomic E-state index is 0.151. The van der Waals surface area contributed by atoms with Gasteiger partial charge in [0, 0.05) is 0 Å². The van der Waals surface area contributed by atoms with E-state index < -0.39 is 83.3 Å². The molecular formula is C21H17AlO13S3. The molecular weight excluding hydrogens is 583 g/mol. The predicted molar refractivity (Wildman–Crippen MR) is 129 cm³/mol. The molecule has 0 aromatic heterocycles. The van der Waals surface area contributed by atoms with Gasteiger partial charge in [-0.05, 0) is 42.8 Å². The Balaban J connectivity index is 2.11. The van der Waals surface area contributed by atoms with E-state index in [1.165, 1.54) is 37.3 Å². The van der Waals surface area contributed by atoms with Crippen molar-refractivity contribution in [2.24, 2.45) is 0 Å². The lowest BCUT2D eigenvalue weighted by atomic mass is 10.2. The van der Waals surface area contributed by atoms with Crippen LogP contribution in [0.25, 0.3) is 0 Å². The second kappa shape index (κ2) is 11.3. The summed E-state index contributed by atoms with van der Waals surface area (Å²) in [6.07, 6.45) is 0. The summed E-state index contributed by atoms with van der Waals surface area (Å²) in [5, 5.41) is 18.7. The number of aryl methyl sites for hydroxylation is 1. The van der Waals surface area contributed by atoms with E-state index in [0.717, 1.165) is 42.5 Å². The van der Waals surface area contributed by atoms with Crippen molar-refractivity contribution in [2.45, 2.75) is 21.6 Å². The van der Waals surface area contributed by atoms with Crippen molar-refractivity contribution in [3.8, 4) is 0 Å². The third-order valence-corrected chi connectivity index (χ3v) is 12.5. The Hall–Kier alpha value is -3.14. The molecule has 0 heterocycles. The molecule has 0 saturated carbocycles. The Bertz CT molecular complexity index is 1630. The van der Waals surface area contributed by atoms with Crippen molar-refractivity contribution in [2.75, 3.05) is 0 Å². The molecule has 0 radical (unpaired) electrons. The number of rotatable bonds is 11. The summed E-state index contributed by atoms with van der Waals surface area (Å²) in [6, 6.07) is 13.5. The highest BCUT2D eigenvalue weighted by molar-refractivity contribution is 7.90. The van der Waals surface area contributed by atoms with Gasteiger partial charge in [0.05, 0.1) is 16.0 Å². The third kappa shape index (κ3) is 6.64. The fourth-order valence-corrected chi connectivity index (χ4v) is 10.1. The van der Waals surface area contributed by atoms with Crippen LogP contribution in [0.3, 0.4) is 0 Å². The molecule has 0 aliphatic heterocycles. The lowest BCUT2D eigenvalue weighted by Gasteiger charge is -2.16. The van der Waals surface area contributed by atoms with Crippen molar-refractivity contribution < 1.29 is 54.8 Å². The van der Waals surface area contributed by atoms with Crippen LogP contribution in [0.4, 0.5) is 0 Å². The molecule has 2 N–H and O–H groups in total. The van der Waals surface area contributed by atoms with Gasteiger partial charge in [-0.2, -0.15) is 25.3 Å². The second-order valence-electron chi connectivity index (χ2n) is 7.31. The summed E-state index contributed by atoms with van der Waals surface area (Å²) in [6.45, 7) is 1.38. The van der Waals surface area contributed by atoms with Crippen LogP contribution in [0.1, 0.15) is 26.3 Å². The van der Waals surface area contributed by atoms with Crippen LogP contribution in [0.15, 0.2) is 87.5 Å². The SMILES string of the molecule is Cc1ccccc1S(=O)(=O)[O][Al]([O]S(=O)(=O)c1ccccc1C(=O)O)[O]S(=O)(=O)c1ccccc1C(=O)O. The maximum absolute atomic E-state index is 13.0. The molecule has 0 saturated heterocycles. The minimum Gasteiger partial charge on any atom is -0.478 e. The van der Waals surface area contributed by atoms with Crippen LogP contribution in [0, 0.1) is 6.92 Å². The number of hydrogen-bond acceptors (Lipinski definition) is 11. The van der Waals surface area contributed by atoms with Gasteiger partial charge in [0.2, 0.25) is 0 Å².